The molecule has 0 saturated heterocycles. The maximum absolute atomic E-state index is 11.5. The van der Waals surface area contributed by atoms with Crippen LogP contribution >= 0.6 is 15.4 Å². The molecule has 0 aliphatic heterocycles. The minimum Gasteiger partial charge on any atom is -0.369 e. The number of nitrogens with two attached hydrogens (primary N) is 1. The molecule has 0 aromatic carbocycles. The molecule has 3 atom stereocenters. The molecule has 102 valence electrons. The van der Waals surface area contributed by atoms with Crippen LogP contribution in [0.2, 0.25) is 0 Å². The van der Waals surface area contributed by atoms with E-state index in [9.17, 15) is 18.8 Å². The molecule has 0 aromatic heterocycles. The van der Waals surface area contributed by atoms with E-state index in [-0.39, 0.29) is 6.42 Å². The second-order valence-electron chi connectivity index (χ2n) is 3.73. The molecular formula is C7H17NO7P2. The van der Waals surface area contributed by atoms with E-state index in [0.717, 1.165) is 0 Å². The van der Waals surface area contributed by atoms with Crippen molar-refractivity contribution in [3.63, 3.8) is 0 Å². The fourth-order valence-corrected chi connectivity index (χ4v) is 3.65. The largest absolute Gasteiger partial charge is 0.476 e. The Balaban J connectivity index is 4.69. The Morgan fingerprint density at radius 3 is 2.12 bits per heavy atom. The molecule has 0 fully saturated rings. The standard InChI is InChI=1S/C7H17NO7P2/c1-3-6(7(8)9)4-5(2)16(10,11)15-17(12,13)14/h5-6H,3-4H2,1-2H3,(H2,8,9)(H,10,11)(H2,12,13,14). The highest BCUT2D eigenvalue weighted by Crippen LogP contribution is 2.60. The van der Waals surface area contributed by atoms with E-state index in [0.29, 0.717) is 6.42 Å². The van der Waals surface area contributed by atoms with Gasteiger partial charge in [0, 0.05) is 5.92 Å². The highest BCUT2D eigenvalue weighted by atomic mass is 31.3. The summed E-state index contributed by atoms with van der Waals surface area (Å²) in [7, 11) is -9.53. The van der Waals surface area contributed by atoms with E-state index in [4.69, 9.17) is 15.5 Å². The van der Waals surface area contributed by atoms with Crippen molar-refractivity contribution in [2.24, 2.45) is 11.7 Å². The van der Waals surface area contributed by atoms with Gasteiger partial charge in [0.1, 0.15) is 0 Å². The summed E-state index contributed by atoms with van der Waals surface area (Å²) >= 11 is 0. The first-order valence-corrected chi connectivity index (χ1v) is 8.06. The number of amides is 1. The molecule has 0 aromatic rings. The molecular weight excluding hydrogens is 272 g/mol. The Bertz CT molecular complexity index is 365. The summed E-state index contributed by atoms with van der Waals surface area (Å²) in [5.74, 6) is -1.26. The Kier molecular flexibility index (Phi) is 6.01. The smallest absolute Gasteiger partial charge is 0.369 e. The van der Waals surface area contributed by atoms with Crippen LogP contribution in [0.5, 0.6) is 0 Å². The third-order valence-corrected chi connectivity index (χ3v) is 5.41. The summed E-state index contributed by atoms with van der Waals surface area (Å²) < 4.78 is 25.8. The number of hydrogen-bond acceptors (Lipinski definition) is 4. The van der Waals surface area contributed by atoms with Gasteiger partial charge in [-0.1, -0.05) is 13.8 Å². The van der Waals surface area contributed by atoms with Crippen LogP contribution in [0.4, 0.5) is 0 Å². The van der Waals surface area contributed by atoms with E-state index in [1.807, 2.05) is 0 Å². The van der Waals surface area contributed by atoms with Crippen molar-refractivity contribution in [2.45, 2.75) is 32.3 Å². The predicted octanol–water partition coefficient (Wildman–Crippen LogP) is 0.571. The molecule has 0 saturated carbocycles. The van der Waals surface area contributed by atoms with E-state index in [2.05, 4.69) is 4.31 Å². The van der Waals surface area contributed by atoms with Crippen molar-refractivity contribution in [1.29, 1.82) is 0 Å². The molecule has 0 aliphatic rings. The van der Waals surface area contributed by atoms with Crippen molar-refractivity contribution in [2.75, 3.05) is 0 Å². The Morgan fingerprint density at radius 2 is 1.82 bits per heavy atom. The molecule has 0 radical (unpaired) electrons. The zero-order valence-corrected chi connectivity index (χ0v) is 11.3. The van der Waals surface area contributed by atoms with Crippen LogP contribution in [0.25, 0.3) is 0 Å². The molecule has 5 N–H and O–H groups in total. The fourth-order valence-electron chi connectivity index (χ4n) is 1.26. The summed E-state index contributed by atoms with van der Waals surface area (Å²) in [6.45, 7) is 2.94. The van der Waals surface area contributed by atoms with E-state index in [1.165, 1.54) is 6.92 Å². The maximum Gasteiger partial charge on any atom is 0.476 e. The molecule has 0 bridgehead atoms. The van der Waals surface area contributed by atoms with E-state index < -0.39 is 32.9 Å². The number of rotatable bonds is 7. The lowest BCUT2D eigenvalue weighted by atomic mass is 10.0. The van der Waals surface area contributed by atoms with Gasteiger partial charge in [0.15, 0.2) is 0 Å². The summed E-state index contributed by atoms with van der Waals surface area (Å²) in [6, 6.07) is 0. The lowest BCUT2D eigenvalue weighted by molar-refractivity contribution is -0.122. The van der Waals surface area contributed by atoms with Crippen molar-refractivity contribution < 1.29 is 32.9 Å². The third-order valence-electron chi connectivity index (χ3n) is 2.30. The zero-order valence-electron chi connectivity index (χ0n) is 9.52. The van der Waals surface area contributed by atoms with Gasteiger partial charge in [0.2, 0.25) is 5.91 Å². The first-order chi connectivity index (χ1) is 7.49. The minimum absolute atomic E-state index is 0.0698. The summed E-state index contributed by atoms with van der Waals surface area (Å²) in [4.78, 5) is 37.2. The molecule has 10 heteroatoms. The Hall–Kier alpha value is -0.230. The molecule has 0 heterocycles. The molecule has 0 aliphatic carbocycles. The van der Waals surface area contributed by atoms with E-state index >= 15 is 0 Å². The second-order valence-corrected chi connectivity index (χ2v) is 7.37. The minimum atomic E-state index is -5.05. The van der Waals surface area contributed by atoms with Gasteiger partial charge in [0.25, 0.3) is 0 Å². The van der Waals surface area contributed by atoms with Crippen LogP contribution in [-0.2, 0) is 18.2 Å². The quantitative estimate of drug-likeness (QED) is 0.501. The molecule has 0 rings (SSSR count). The van der Waals surface area contributed by atoms with Gasteiger partial charge >= 0.3 is 15.4 Å². The van der Waals surface area contributed by atoms with Crippen molar-refractivity contribution in [3.8, 4) is 0 Å². The summed E-state index contributed by atoms with van der Waals surface area (Å²) in [6.07, 6.45) is 0.301. The second kappa shape index (κ2) is 6.09. The van der Waals surface area contributed by atoms with Gasteiger partial charge in [-0.15, -0.1) is 0 Å². The normalized spacial score (nSPS) is 19.4. The molecule has 17 heavy (non-hydrogen) atoms. The van der Waals surface area contributed by atoms with Gasteiger partial charge in [0.05, 0.1) is 5.66 Å². The fraction of sp³-hybridized carbons (Fsp3) is 0.857. The third kappa shape index (κ3) is 6.31. The van der Waals surface area contributed by atoms with Gasteiger partial charge in [-0.3, -0.25) is 9.36 Å². The lowest BCUT2D eigenvalue weighted by Crippen LogP contribution is -2.26. The number of carbonyl (C=O) groups is 1. The van der Waals surface area contributed by atoms with Crippen LogP contribution in [0.1, 0.15) is 26.7 Å². The first kappa shape index (κ1) is 16.8. The number of carbonyl (C=O) groups excluding carboxylic acids is 1. The predicted molar refractivity (Wildman–Crippen MR) is 60.0 cm³/mol. The van der Waals surface area contributed by atoms with Crippen LogP contribution < -0.4 is 5.73 Å². The van der Waals surface area contributed by atoms with Crippen LogP contribution in [-0.4, -0.2) is 26.2 Å². The molecule has 8 nitrogen and oxygen atoms in total. The molecule has 1 amide bonds. The highest BCUT2D eigenvalue weighted by molar-refractivity contribution is 7.64. The SMILES string of the molecule is CCC(CC(C)P(=O)(O)OP(=O)(O)O)C(N)=O. The van der Waals surface area contributed by atoms with Gasteiger partial charge in [-0.2, -0.15) is 0 Å². The number of primary amides is 1. The summed E-state index contributed by atoms with van der Waals surface area (Å²) in [5.41, 5.74) is 3.97. The van der Waals surface area contributed by atoms with Crippen molar-refractivity contribution in [1.82, 2.24) is 0 Å². The monoisotopic (exact) mass is 289 g/mol. The first-order valence-electron chi connectivity index (χ1n) is 4.88. The maximum atomic E-state index is 11.5. The highest BCUT2D eigenvalue weighted by Gasteiger charge is 2.37. The van der Waals surface area contributed by atoms with Gasteiger partial charge in [-0.25, -0.2) is 8.88 Å². The lowest BCUT2D eigenvalue weighted by Gasteiger charge is -2.21. The Morgan fingerprint density at radius 1 is 1.35 bits per heavy atom. The number of hydrogen-bond donors (Lipinski definition) is 4. The van der Waals surface area contributed by atoms with Crippen LogP contribution in [0, 0.1) is 5.92 Å². The van der Waals surface area contributed by atoms with Gasteiger partial charge in [-0.05, 0) is 12.8 Å². The average molecular weight is 289 g/mol. The number of phosphoric acid groups is 1. The van der Waals surface area contributed by atoms with Crippen molar-refractivity contribution >= 4 is 21.3 Å². The van der Waals surface area contributed by atoms with Crippen LogP contribution in [0.3, 0.4) is 0 Å². The topological polar surface area (TPSA) is 147 Å². The average Bonchev–Trinajstić information content (AvgIpc) is 2.08. The zero-order chi connectivity index (χ0) is 13.9. The van der Waals surface area contributed by atoms with Crippen LogP contribution in [0.15, 0.2) is 0 Å². The molecule has 0 spiro atoms. The van der Waals surface area contributed by atoms with Crippen molar-refractivity contribution in [3.05, 3.63) is 0 Å². The summed E-state index contributed by atoms with van der Waals surface area (Å²) in [5, 5.41) is 0. The molecule has 3 unspecified atom stereocenters. The van der Waals surface area contributed by atoms with E-state index in [1.54, 1.807) is 6.92 Å². The van der Waals surface area contributed by atoms with Gasteiger partial charge < -0.3 is 20.4 Å². The Labute approximate surface area is 98.9 Å².